The minimum atomic E-state index is -0.564. The fourth-order valence-electron chi connectivity index (χ4n) is 1.77. The van der Waals surface area contributed by atoms with Gasteiger partial charge in [0.1, 0.15) is 5.54 Å². The van der Waals surface area contributed by atoms with E-state index in [0.29, 0.717) is 0 Å². The fourth-order valence-corrected chi connectivity index (χ4v) is 3.13. The van der Waals surface area contributed by atoms with Gasteiger partial charge in [0, 0.05) is 6.04 Å². The van der Waals surface area contributed by atoms with Crippen LogP contribution in [0.15, 0.2) is 0 Å². The lowest BCUT2D eigenvalue weighted by atomic mass is 9.98. The molecule has 108 valence electrons. The Morgan fingerprint density at radius 3 is 2.44 bits per heavy atom. The van der Waals surface area contributed by atoms with Crippen molar-refractivity contribution >= 4 is 17.7 Å². The molecule has 0 bridgehead atoms. The third-order valence-electron chi connectivity index (χ3n) is 3.09. The minimum Gasteiger partial charge on any atom is -0.468 e. The zero-order valence-corrected chi connectivity index (χ0v) is 13.5. The molecule has 0 aromatic carbocycles. The van der Waals surface area contributed by atoms with Crippen molar-refractivity contribution in [2.24, 2.45) is 5.92 Å². The highest BCUT2D eigenvalue weighted by molar-refractivity contribution is 7.99. The molecule has 2 unspecified atom stereocenters. The molecular weight excluding hydrogens is 246 g/mol. The van der Waals surface area contributed by atoms with Gasteiger partial charge in [0.15, 0.2) is 0 Å². The number of esters is 1. The van der Waals surface area contributed by atoms with Crippen LogP contribution >= 0.6 is 11.8 Å². The summed E-state index contributed by atoms with van der Waals surface area (Å²) in [5, 5.41) is 3.32. The number of rotatable bonds is 9. The second-order valence-electron chi connectivity index (χ2n) is 5.46. The van der Waals surface area contributed by atoms with E-state index in [1.54, 1.807) is 0 Å². The first kappa shape index (κ1) is 17.8. The number of nitrogens with one attached hydrogen (secondary N) is 1. The van der Waals surface area contributed by atoms with E-state index in [2.05, 4.69) is 19.2 Å². The molecule has 0 aromatic heterocycles. The van der Waals surface area contributed by atoms with Gasteiger partial charge in [-0.15, -0.1) is 0 Å². The summed E-state index contributed by atoms with van der Waals surface area (Å²) in [5.41, 5.74) is -0.564. The van der Waals surface area contributed by atoms with Gasteiger partial charge in [-0.25, -0.2) is 0 Å². The number of hydrogen-bond donors (Lipinski definition) is 1. The Kier molecular flexibility index (Phi) is 8.70. The number of hydrogen-bond acceptors (Lipinski definition) is 4. The third kappa shape index (κ3) is 6.64. The molecule has 4 heteroatoms. The molecule has 0 aliphatic carbocycles. The van der Waals surface area contributed by atoms with Gasteiger partial charge in [-0.1, -0.05) is 20.3 Å². The van der Waals surface area contributed by atoms with Crippen LogP contribution < -0.4 is 5.32 Å². The number of carbonyl (C=O) groups excluding carboxylic acids is 1. The lowest BCUT2D eigenvalue weighted by molar-refractivity contribution is -0.148. The highest BCUT2D eigenvalue weighted by Crippen LogP contribution is 2.19. The van der Waals surface area contributed by atoms with E-state index in [9.17, 15) is 4.79 Å². The number of carbonyl (C=O) groups is 1. The van der Waals surface area contributed by atoms with Crippen LogP contribution in [-0.2, 0) is 9.53 Å². The Hall–Kier alpha value is -0.220. The first-order valence-electron chi connectivity index (χ1n) is 6.79. The standard InChI is InChI=1S/C14H29NO2S/c1-7-12(4)10-18-9-8-14(5,13(16)17-6)15-11(2)3/h11-12,15H,7-10H2,1-6H3. The first-order chi connectivity index (χ1) is 8.35. The molecule has 1 N–H and O–H groups in total. The van der Waals surface area contributed by atoms with E-state index in [1.807, 2.05) is 32.5 Å². The molecule has 0 aliphatic rings. The predicted octanol–water partition coefficient (Wildman–Crippen LogP) is 3.09. The van der Waals surface area contributed by atoms with Crippen molar-refractivity contribution in [3.63, 3.8) is 0 Å². The Labute approximate surface area is 116 Å². The highest BCUT2D eigenvalue weighted by atomic mass is 32.2. The van der Waals surface area contributed by atoms with Crippen molar-refractivity contribution in [3.05, 3.63) is 0 Å². The van der Waals surface area contributed by atoms with Crippen molar-refractivity contribution in [3.8, 4) is 0 Å². The van der Waals surface area contributed by atoms with Crippen LogP contribution in [0.2, 0.25) is 0 Å². The molecule has 0 radical (unpaired) electrons. The van der Waals surface area contributed by atoms with E-state index >= 15 is 0 Å². The Balaban J connectivity index is 4.21. The predicted molar refractivity (Wildman–Crippen MR) is 80.1 cm³/mol. The van der Waals surface area contributed by atoms with Gasteiger partial charge < -0.3 is 4.74 Å². The Morgan fingerprint density at radius 1 is 1.39 bits per heavy atom. The van der Waals surface area contributed by atoms with Crippen LogP contribution in [0.3, 0.4) is 0 Å². The smallest absolute Gasteiger partial charge is 0.325 e. The van der Waals surface area contributed by atoms with E-state index in [-0.39, 0.29) is 12.0 Å². The molecule has 2 atom stereocenters. The van der Waals surface area contributed by atoms with Gasteiger partial charge >= 0.3 is 5.97 Å². The number of ether oxygens (including phenoxy) is 1. The second-order valence-corrected chi connectivity index (χ2v) is 6.61. The molecule has 18 heavy (non-hydrogen) atoms. The summed E-state index contributed by atoms with van der Waals surface area (Å²) in [6.07, 6.45) is 2.02. The molecule has 0 amide bonds. The van der Waals surface area contributed by atoms with Crippen molar-refractivity contribution in [2.45, 2.75) is 59.0 Å². The van der Waals surface area contributed by atoms with Gasteiger partial charge in [0.25, 0.3) is 0 Å². The highest BCUT2D eigenvalue weighted by Gasteiger charge is 2.34. The zero-order valence-electron chi connectivity index (χ0n) is 12.7. The third-order valence-corrected chi connectivity index (χ3v) is 4.39. The first-order valence-corrected chi connectivity index (χ1v) is 7.95. The maximum atomic E-state index is 11.9. The summed E-state index contributed by atoms with van der Waals surface area (Å²) in [5.74, 6) is 2.73. The summed E-state index contributed by atoms with van der Waals surface area (Å²) in [6.45, 7) is 10.5. The Morgan fingerprint density at radius 2 is 2.00 bits per heavy atom. The van der Waals surface area contributed by atoms with Gasteiger partial charge in [-0.2, -0.15) is 11.8 Å². The van der Waals surface area contributed by atoms with Crippen LogP contribution in [0, 0.1) is 5.92 Å². The molecule has 0 aromatic rings. The molecule has 0 saturated heterocycles. The van der Waals surface area contributed by atoms with Crippen LogP contribution in [0.4, 0.5) is 0 Å². The van der Waals surface area contributed by atoms with Gasteiger partial charge in [-0.05, 0) is 44.6 Å². The number of methoxy groups -OCH3 is 1. The fraction of sp³-hybridized carbons (Fsp3) is 0.929. The summed E-state index contributed by atoms with van der Waals surface area (Å²) >= 11 is 1.92. The maximum absolute atomic E-state index is 11.9. The van der Waals surface area contributed by atoms with E-state index in [1.165, 1.54) is 13.5 Å². The van der Waals surface area contributed by atoms with E-state index in [4.69, 9.17) is 4.74 Å². The largest absolute Gasteiger partial charge is 0.468 e. The van der Waals surface area contributed by atoms with Gasteiger partial charge in [0.2, 0.25) is 0 Å². The topological polar surface area (TPSA) is 38.3 Å². The second kappa shape index (κ2) is 8.81. The average Bonchev–Trinajstić information content (AvgIpc) is 2.32. The number of thioether (sulfide) groups is 1. The summed E-state index contributed by atoms with van der Waals surface area (Å²) in [7, 11) is 1.45. The monoisotopic (exact) mass is 275 g/mol. The van der Waals surface area contributed by atoms with Crippen LogP contribution in [-0.4, -0.2) is 36.2 Å². The minimum absolute atomic E-state index is 0.166. The molecule has 0 saturated carbocycles. The quantitative estimate of drug-likeness (QED) is 0.518. The van der Waals surface area contributed by atoms with Crippen LogP contribution in [0.25, 0.3) is 0 Å². The van der Waals surface area contributed by atoms with Gasteiger partial charge in [-0.3, -0.25) is 10.1 Å². The summed E-state index contributed by atoms with van der Waals surface area (Å²) in [4.78, 5) is 11.9. The SMILES string of the molecule is CCC(C)CSCCC(C)(NC(C)C)C(=O)OC. The molecule has 0 aliphatic heterocycles. The average molecular weight is 275 g/mol. The summed E-state index contributed by atoms with van der Waals surface area (Å²) < 4.78 is 4.90. The molecule has 0 rings (SSSR count). The van der Waals surface area contributed by atoms with E-state index in [0.717, 1.165) is 23.8 Å². The lowest BCUT2D eigenvalue weighted by Crippen LogP contribution is -2.53. The lowest BCUT2D eigenvalue weighted by Gasteiger charge is -2.30. The normalized spacial score (nSPS) is 16.4. The maximum Gasteiger partial charge on any atom is 0.325 e. The van der Waals surface area contributed by atoms with Crippen molar-refractivity contribution in [1.82, 2.24) is 5.32 Å². The molecular formula is C14H29NO2S. The molecule has 0 fully saturated rings. The van der Waals surface area contributed by atoms with Crippen molar-refractivity contribution in [2.75, 3.05) is 18.6 Å². The molecule has 0 heterocycles. The van der Waals surface area contributed by atoms with Crippen LogP contribution in [0.5, 0.6) is 0 Å². The van der Waals surface area contributed by atoms with Gasteiger partial charge in [0.05, 0.1) is 7.11 Å². The van der Waals surface area contributed by atoms with Crippen LogP contribution in [0.1, 0.15) is 47.5 Å². The van der Waals surface area contributed by atoms with E-state index < -0.39 is 5.54 Å². The van der Waals surface area contributed by atoms with Crippen molar-refractivity contribution < 1.29 is 9.53 Å². The van der Waals surface area contributed by atoms with Crippen molar-refractivity contribution in [1.29, 1.82) is 0 Å². The Bertz CT molecular complexity index is 246. The zero-order chi connectivity index (χ0) is 14.2. The molecule has 0 spiro atoms. The summed E-state index contributed by atoms with van der Waals surface area (Å²) in [6, 6.07) is 0.272. The molecule has 3 nitrogen and oxygen atoms in total.